The number of phenols is 2. The molecule has 2 rings (SSSR count). The summed E-state index contributed by atoms with van der Waals surface area (Å²) in [5, 5.41) is 22.6. The number of aromatic hydroxyl groups is 2. The van der Waals surface area contributed by atoms with E-state index in [-0.39, 0.29) is 17.5 Å². The van der Waals surface area contributed by atoms with Gasteiger partial charge in [0.25, 0.3) is 0 Å². The Balaban J connectivity index is 2.00. The Morgan fingerprint density at radius 3 is 2.44 bits per heavy atom. The fraction of sp³-hybridized carbons (Fsp3) is 0.600. The van der Waals surface area contributed by atoms with Gasteiger partial charge in [0.15, 0.2) is 0 Å². The highest BCUT2D eigenvalue weighted by atomic mass is 16.3. The van der Waals surface area contributed by atoms with Gasteiger partial charge >= 0.3 is 0 Å². The maximum Gasteiger partial charge on any atom is 0.119 e. The summed E-state index contributed by atoms with van der Waals surface area (Å²) in [5.74, 6) is 1.03. The molecule has 1 aromatic rings. The van der Waals surface area contributed by atoms with Crippen molar-refractivity contribution in [2.45, 2.75) is 51.6 Å². The average molecular weight is 249 g/mol. The van der Waals surface area contributed by atoms with Crippen molar-refractivity contribution >= 4 is 0 Å². The Hall–Kier alpha value is -1.22. The molecule has 3 N–H and O–H groups in total. The lowest BCUT2D eigenvalue weighted by Crippen LogP contribution is -2.35. The van der Waals surface area contributed by atoms with Gasteiger partial charge < -0.3 is 15.5 Å². The van der Waals surface area contributed by atoms with E-state index in [2.05, 4.69) is 19.2 Å². The summed E-state index contributed by atoms with van der Waals surface area (Å²) < 4.78 is 0. The van der Waals surface area contributed by atoms with Crippen LogP contribution in [0.25, 0.3) is 0 Å². The van der Waals surface area contributed by atoms with Gasteiger partial charge in [0.05, 0.1) is 0 Å². The predicted octanol–water partition coefficient (Wildman–Crippen LogP) is 3.33. The van der Waals surface area contributed by atoms with Crippen molar-refractivity contribution in [3.05, 3.63) is 23.8 Å². The van der Waals surface area contributed by atoms with Gasteiger partial charge in [-0.05, 0) is 43.4 Å². The number of hydrogen-bond donors (Lipinski definition) is 3. The third-order valence-corrected chi connectivity index (χ3v) is 3.85. The van der Waals surface area contributed by atoms with Gasteiger partial charge in [-0.15, -0.1) is 0 Å². The highest BCUT2D eigenvalue weighted by molar-refractivity contribution is 5.37. The van der Waals surface area contributed by atoms with Crippen LogP contribution < -0.4 is 5.32 Å². The monoisotopic (exact) mass is 249 g/mol. The van der Waals surface area contributed by atoms with Crippen LogP contribution in [-0.4, -0.2) is 16.3 Å². The van der Waals surface area contributed by atoms with E-state index in [0.717, 1.165) is 11.5 Å². The maximum atomic E-state index is 9.50. The number of phenolic OH excluding ortho intramolecular Hbond substituents is 2. The van der Waals surface area contributed by atoms with Gasteiger partial charge in [0.2, 0.25) is 0 Å². The molecule has 3 nitrogen and oxygen atoms in total. The molecule has 0 radical (unpaired) electrons. The normalized spacial score (nSPS) is 25.9. The van der Waals surface area contributed by atoms with E-state index in [0.29, 0.717) is 6.04 Å². The molecule has 1 aliphatic carbocycles. The van der Waals surface area contributed by atoms with E-state index < -0.39 is 0 Å². The zero-order valence-electron chi connectivity index (χ0n) is 11.2. The fourth-order valence-electron chi connectivity index (χ4n) is 2.90. The van der Waals surface area contributed by atoms with Crippen LogP contribution in [0.2, 0.25) is 0 Å². The number of nitrogens with one attached hydrogen (secondary N) is 1. The van der Waals surface area contributed by atoms with Gasteiger partial charge in [-0.1, -0.05) is 19.8 Å². The van der Waals surface area contributed by atoms with Crippen molar-refractivity contribution in [1.29, 1.82) is 0 Å². The SMILES string of the molecule is CC1CCCC(NC(C)c2cc(O)cc(O)c2)C1. The molecule has 100 valence electrons. The smallest absolute Gasteiger partial charge is 0.119 e. The molecule has 3 heteroatoms. The number of rotatable bonds is 3. The molecule has 1 aromatic carbocycles. The van der Waals surface area contributed by atoms with Crippen molar-refractivity contribution < 1.29 is 10.2 Å². The van der Waals surface area contributed by atoms with E-state index in [9.17, 15) is 10.2 Å². The lowest BCUT2D eigenvalue weighted by molar-refractivity contribution is 0.285. The molecule has 0 aliphatic heterocycles. The molecular weight excluding hydrogens is 226 g/mol. The van der Waals surface area contributed by atoms with Crippen molar-refractivity contribution in [2.24, 2.45) is 5.92 Å². The molecule has 0 spiro atoms. The molecular formula is C15H23NO2. The molecule has 1 fully saturated rings. The first-order chi connectivity index (χ1) is 8.54. The van der Waals surface area contributed by atoms with Crippen LogP contribution in [0.4, 0.5) is 0 Å². The van der Waals surface area contributed by atoms with Crippen LogP contribution in [0.3, 0.4) is 0 Å². The Bertz CT molecular complexity index is 385. The highest BCUT2D eigenvalue weighted by Crippen LogP contribution is 2.28. The van der Waals surface area contributed by atoms with E-state index in [4.69, 9.17) is 0 Å². The second-order valence-corrected chi connectivity index (χ2v) is 5.64. The lowest BCUT2D eigenvalue weighted by Gasteiger charge is -2.30. The highest BCUT2D eigenvalue weighted by Gasteiger charge is 2.20. The first-order valence-corrected chi connectivity index (χ1v) is 6.83. The van der Waals surface area contributed by atoms with Crippen LogP contribution in [0.5, 0.6) is 11.5 Å². The van der Waals surface area contributed by atoms with Crippen molar-refractivity contribution in [2.75, 3.05) is 0 Å². The minimum Gasteiger partial charge on any atom is -0.508 e. The summed E-state index contributed by atoms with van der Waals surface area (Å²) in [6.07, 6.45) is 5.06. The van der Waals surface area contributed by atoms with Crippen LogP contribution in [0.1, 0.15) is 51.1 Å². The van der Waals surface area contributed by atoms with Crippen LogP contribution in [0.15, 0.2) is 18.2 Å². The van der Waals surface area contributed by atoms with E-state index in [1.54, 1.807) is 12.1 Å². The van der Waals surface area contributed by atoms with Gasteiger partial charge in [0, 0.05) is 18.2 Å². The molecule has 1 saturated carbocycles. The molecule has 3 atom stereocenters. The van der Waals surface area contributed by atoms with Crippen LogP contribution in [0, 0.1) is 5.92 Å². The molecule has 1 aliphatic rings. The minimum absolute atomic E-state index is 0.121. The third-order valence-electron chi connectivity index (χ3n) is 3.85. The predicted molar refractivity (Wildman–Crippen MR) is 72.7 cm³/mol. The lowest BCUT2D eigenvalue weighted by atomic mass is 9.86. The summed E-state index contributed by atoms with van der Waals surface area (Å²) in [4.78, 5) is 0. The van der Waals surface area contributed by atoms with E-state index in [1.165, 1.54) is 31.7 Å². The maximum absolute atomic E-state index is 9.50. The molecule has 3 unspecified atom stereocenters. The number of hydrogen-bond acceptors (Lipinski definition) is 3. The van der Waals surface area contributed by atoms with Crippen molar-refractivity contribution in [3.63, 3.8) is 0 Å². The van der Waals surface area contributed by atoms with Crippen molar-refractivity contribution in [1.82, 2.24) is 5.32 Å². The topological polar surface area (TPSA) is 52.5 Å². The molecule has 0 bridgehead atoms. The molecule has 0 aromatic heterocycles. The zero-order chi connectivity index (χ0) is 13.1. The third kappa shape index (κ3) is 3.39. The standard InChI is InChI=1S/C15H23NO2/c1-10-4-3-5-13(6-10)16-11(2)12-7-14(17)9-15(18)8-12/h7-11,13,16-18H,3-6H2,1-2H3. The summed E-state index contributed by atoms with van der Waals surface area (Å²) in [6.45, 7) is 4.38. The summed E-state index contributed by atoms with van der Waals surface area (Å²) in [7, 11) is 0. The molecule has 0 saturated heterocycles. The Kier molecular flexibility index (Phi) is 4.12. The van der Waals surface area contributed by atoms with Gasteiger partial charge in [0.1, 0.15) is 11.5 Å². The summed E-state index contributed by atoms with van der Waals surface area (Å²) >= 11 is 0. The van der Waals surface area contributed by atoms with Crippen molar-refractivity contribution in [3.8, 4) is 11.5 Å². The van der Waals surface area contributed by atoms with Gasteiger partial charge in [-0.25, -0.2) is 0 Å². The summed E-state index contributed by atoms with van der Waals surface area (Å²) in [6, 6.07) is 5.48. The summed E-state index contributed by atoms with van der Waals surface area (Å²) in [5.41, 5.74) is 0.936. The molecule has 18 heavy (non-hydrogen) atoms. The second kappa shape index (κ2) is 5.61. The first-order valence-electron chi connectivity index (χ1n) is 6.83. The van der Waals surface area contributed by atoms with E-state index >= 15 is 0 Å². The molecule has 0 heterocycles. The van der Waals surface area contributed by atoms with Crippen LogP contribution >= 0.6 is 0 Å². The first kappa shape index (κ1) is 13.2. The Labute approximate surface area is 109 Å². The average Bonchev–Trinajstić information content (AvgIpc) is 2.27. The molecule has 0 amide bonds. The van der Waals surface area contributed by atoms with Crippen LogP contribution in [-0.2, 0) is 0 Å². The Morgan fingerprint density at radius 1 is 1.17 bits per heavy atom. The quantitative estimate of drug-likeness (QED) is 0.770. The fourth-order valence-corrected chi connectivity index (χ4v) is 2.90. The Morgan fingerprint density at radius 2 is 1.83 bits per heavy atom. The largest absolute Gasteiger partial charge is 0.508 e. The minimum atomic E-state index is 0.121. The van der Waals surface area contributed by atoms with E-state index in [1.807, 2.05) is 0 Å². The second-order valence-electron chi connectivity index (χ2n) is 5.64. The zero-order valence-corrected chi connectivity index (χ0v) is 11.2. The van der Waals surface area contributed by atoms with Gasteiger partial charge in [-0.2, -0.15) is 0 Å². The van der Waals surface area contributed by atoms with Gasteiger partial charge in [-0.3, -0.25) is 0 Å². The number of benzene rings is 1.